The van der Waals surface area contributed by atoms with Crippen molar-refractivity contribution in [2.45, 2.75) is 6.54 Å². The van der Waals surface area contributed by atoms with Crippen LogP contribution in [0.25, 0.3) is 0 Å². The van der Waals surface area contributed by atoms with Gasteiger partial charge in [0.05, 0.1) is 7.11 Å². The van der Waals surface area contributed by atoms with E-state index in [1.807, 2.05) is 24.3 Å². The van der Waals surface area contributed by atoms with Gasteiger partial charge in [-0.25, -0.2) is 0 Å². The minimum Gasteiger partial charge on any atom is -0.496 e. The van der Waals surface area contributed by atoms with Crippen LogP contribution in [0.1, 0.15) is 15.9 Å². The number of benzene rings is 1. The largest absolute Gasteiger partial charge is 0.496 e. The molecule has 1 aromatic rings. The predicted octanol–water partition coefficient (Wildman–Crippen LogP) is 2.68. The maximum atomic E-state index is 10.8. The second-order valence-electron chi connectivity index (χ2n) is 3.96. The van der Waals surface area contributed by atoms with Gasteiger partial charge in [0.25, 0.3) is 0 Å². The number of hydrogen-bond acceptors (Lipinski definition) is 3. The van der Waals surface area contributed by atoms with E-state index in [1.54, 1.807) is 13.2 Å². The highest BCUT2D eigenvalue weighted by molar-refractivity contribution is 5.75. The van der Waals surface area contributed by atoms with Crippen LogP contribution in [0.4, 0.5) is 0 Å². The first-order valence-corrected chi connectivity index (χ1v) is 5.81. The van der Waals surface area contributed by atoms with Crippen molar-refractivity contribution in [1.82, 2.24) is 4.90 Å². The van der Waals surface area contributed by atoms with E-state index in [9.17, 15) is 4.79 Å². The summed E-state index contributed by atoms with van der Waals surface area (Å²) in [5.41, 5.74) is 1.65. The van der Waals surface area contributed by atoms with Crippen LogP contribution in [-0.2, 0) is 6.54 Å². The van der Waals surface area contributed by atoms with Crippen molar-refractivity contribution in [3.05, 3.63) is 54.6 Å². The summed E-state index contributed by atoms with van der Waals surface area (Å²) in [5.74, 6) is 0.790. The first-order chi connectivity index (χ1) is 8.74. The summed E-state index contributed by atoms with van der Waals surface area (Å²) < 4.78 is 5.31. The highest BCUT2D eigenvalue weighted by Gasteiger charge is 2.08. The number of rotatable bonds is 8. The molecule has 0 bridgehead atoms. The highest BCUT2D eigenvalue weighted by Crippen LogP contribution is 2.21. The third-order valence-corrected chi connectivity index (χ3v) is 2.61. The zero-order chi connectivity index (χ0) is 13.4. The third-order valence-electron chi connectivity index (χ3n) is 2.61. The second-order valence-corrected chi connectivity index (χ2v) is 3.96. The van der Waals surface area contributed by atoms with Gasteiger partial charge in [-0.05, 0) is 18.2 Å². The molecule has 1 rings (SSSR count). The van der Waals surface area contributed by atoms with Crippen molar-refractivity contribution in [1.29, 1.82) is 0 Å². The van der Waals surface area contributed by atoms with E-state index in [-0.39, 0.29) is 0 Å². The molecule has 0 aromatic heterocycles. The summed E-state index contributed by atoms with van der Waals surface area (Å²) in [7, 11) is 1.63. The fourth-order valence-corrected chi connectivity index (χ4v) is 1.81. The van der Waals surface area contributed by atoms with Gasteiger partial charge in [-0.1, -0.05) is 12.2 Å². The van der Waals surface area contributed by atoms with Crippen LogP contribution >= 0.6 is 0 Å². The minimum absolute atomic E-state index is 0.656. The average molecular weight is 245 g/mol. The van der Waals surface area contributed by atoms with E-state index in [0.29, 0.717) is 12.1 Å². The van der Waals surface area contributed by atoms with Gasteiger partial charge in [0.2, 0.25) is 0 Å². The van der Waals surface area contributed by atoms with E-state index in [4.69, 9.17) is 4.74 Å². The summed E-state index contributed by atoms with van der Waals surface area (Å²) in [6, 6.07) is 5.42. The molecule has 0 aliphatic carbocycles. The Labute approximate surface area is 108 Å². The molecule has 0 aliphatic rings. The van der Waals surface area contributed by atoms with Crippen LogP contribution < -0.4 is 4.74 Å². The molecule has 18 heavy (non-hydrogen) atoms. The molecule has 0 aliphatic heterocycles. The summed E-state index contributed by atoms with van der Waals surface area (Å²) in [6.07, 6.45) is 4.54. The number of ether oxygens (including phenoxy) is 1. The molecule has 3 nitrogen and oxygen atoms in total. The van der Waals surface area contributed by atoms with Crippen molar-refractivity contribution < 1.29 is 9.53 Å². The van der Waals surface area contributed by atoms with E-state index in [1.165, 1.54) is 0 Å². The number of methoxy groups -OCH3 is 1. The van der Waals surface area contributed by atoms with Gasteiger partial charge in [0.15, 0.2) is 0 Å². The summed E-state index contributed by atoms with van der Waals surface area (Å²) >= 11 is 0. The molecule has 1 aromatic carbocycles. The first-order valence-electron chi connectivity index (χ1n) is 5.81. The molecule has 0 amide bonds. The Hall–Kier alpha value is -1.87. The Morgan fingerprint density at radius 1 is 1.28 bits per heavy atom. The van der Waals surface area contributed by atoms with Crippen LogP contribution in [0.15, 0.2) is 43.5 Å². The number of nitrogens with zero attached hydrogens (tertiary/aromatic N) is 1. The fourth-order valence-electron chi connectivity index (χ4n) is 1.81. The Morgan fingerprint density at radius 3 is 2.44 bits per heavy atom. The Kier molecular flexibility index (Phi) is 5.88. The molecule has 0 N–H and O–H groups in total. The van der Waals surface area contributed by atoms with Crippen LogP contribution in [0, 0.1) is 0 Å². The molecule has 0 atom stereocenters. The van der Waals surface area contributed by atoms with Crippen LogP contribution in [-0.4, -0.2) is 31.4 Å². The van der Waals surface area contributed by atoms with E-state index < -0.39 is 0 Å². The van der Waals surface area contributed by atoms with Crippen molar-refractivity contribution in [2.75, 3.05) is 20.2 Å². The smallest absolute Gasteiger partial charge is 0.150 e. The van der Waals surface area contributed by atoms with Crippen molar-refractivity contribution in [3.8, 4) is 5.75 Å². The Bertz CT molecular complexity index is 417. The van der Waals surface area contributed by atoms with E-state index in [0.717, 1.165) is 30.7 Å². The lowest BCUT2D eigenvalue weighted by Crippen LogP contribution is -2.23. The lowest BCUT2D eigenvalue weighted by Gasteiger charge is -2.20. The number of carbonyl (C=O) groups is 1. The molecule has 0 heterocycles. The molecule has 0 fully saturated rings. The van der Waals surface area contributed by atoms with Gasteiger partial charge in [-0.15, -0.1) is 13.2 Å². The normalized spacial score (nSPS) is 10.1. The maximum absolute atomic E-state index is 10.8. The molecule has 0 unspecified atom stereocenters. The molecular formula is C15H19NO2. The number of carbonyl (C=O) groups excluding carboxylic acids is 1. The van der Waals surface area contributed by atoms with Gasteiger partial charge in [0.1, 0.15) is 12.0 Å². The molecule has 0 saturated carbocycles. The number of hydrogen-bond donors (Lipinski definition) is 0. The first kappa shape index (κ1) is 14.2. The van der Waals surface area contributed by atoms with Crippen LogP contribution in [0.2, 0.25) is 0 Å². The summed E-state index contributed by atoms with van der Waals surface area (Å²) in [5, 5.41) is 0. The monoisotopic (exact) mass is 245 g/mol. The molecule has 96 valence electrons. The second kappa shape index (κ2) is 7.45. The van der Waals surface area contributed by atoms with Crippen molar-refractivity contribution >= 4 is 6.29 Å². The highest BCUT2D eigenvalue weighted by atomic mass is 16.5. The van der Waals surface area contributed by atoms with Gasteiger partial charge in [-0.2, -0.15) is 0 Å². The van der Waals surface area contributed by atoms with E-state index in [2.05, 4.69) is 18.1 Å². The van der Waals surface area contributed by atoms with Gasteiger partial charge >= 0.3 is 0 Å². The zero-order valence-electron chi connectivity index (χ0n) is 10.8. The third kappa shape index (κ3) is 3.86. The SMILES string of the molecule is C=CCN(CC=C)Cc1cc(C=O)ccc1OC. The zero-order valence-corrected chi connectivity index (χ0v) is 10.8. The molecule has 3 heteroatoms. The molecule has 0 radical (unpaired) electrons. The van der Waals surface area contributed by atoms with Gasteiger partial charge < -0.3 is 4.74 Å². The van der Waals surface area contributed by atoms with Gasteiger partial charge in [0, 0.05) is 30.8 Å². The Balaban J connectivity index is 2.94. The quantitative estimate of drug-likeness (QED) is 0.521. The maximum Gasteiger partial charge on any atom is 0.150 e. The number of aldehydes is 1. The standard InChI is InChI=1S/C15H19NO2/c1-4-8-16(9-5-2)11-14-10-13(12-17)6-7-15(14)18-3/h4-7,10,12H,1-2,8-9,11H2,3H3. The summed E-state index contributed by atoms with van der Waals surface area (Å²) in [4.78, 5) is 13.0. The van der Waals surface area contributed by atoms with E-state index >= 15 is 0 Å². The topological polar surface area (TPSA) is 29.5 Å². The van der Waals surface area contributed by atoms with Gasteiger partial charge in [-0.3, -0.25) is 9.69 Å². The predicted molar refractivity (Wildman–Crippen MR) is 74.1 cm³/mol. The average Bonchev–Trinajstić information content (AvgIpc) is 2.39. The van der Waals surface area contributed by atoms with Crippen LogP contribution in [0.5, 0.6) is 5.75 Å². The lowest BCUT2D eigenvalue weighted by molar-refractivity contribution is 0.112. The Morgan fingerprint density at radius 2 is 1.94 bits per heavy atom. The molecule has 0 saturated heterocycles. The molecular weight excluding hydrogens is 226 g/mol. The summed E-state index contributed by atoms with van der Waals surface area (Å²) in [6.45, 7) is 9.70. The van der Waals surface area contributed by atoms with Crippen molar-refractivity contribution in [2.24, 2.45) is 0 Å². The minimum atomic E-state index is 0.656. The molecule has 0 spiro atoms. The lowest BCUT2D eigenvalue weighted by atomic mass is 10.1. The van der Waals surface area contributed by atoms with Crippen LogP contribution in [0.3, 0.4) is 0 Å². The van der Waals surface area contributed by atoms with Crippen molar-refractivity contribution in [3.63, 3.8) is 0 Å². The fraction of sp³-hybridized carbons (Fsp3) is 0.267.